The predicted octanol–water partition coefficient (Wildman–Crippen LogP) is 2.42. The first-order chi connectivity index (χ1) is 9.16. The van der Waals surface area contributed by atoms with Crippen molar-refractivity contribution in [3.63, 3.8) is 0 Å². The van der Waals surface area contributed by atoms with Gasteiger partial charge in [0.15, 0.2) is 0 Å². The van der Waals surface area contributed by atoms with Gasteiger partial charge in [-0.3, -0.25) is 4.79 Å². The Labute approximate surface area is 116 Å². The summed E-state index contributed by atoms with van der Waals surface area (Å²) < 4.78 is 18.4. The maximum absolute atomic E-state index is 13.0. The molecule has 2 rings (SSSR count). The molecular formula is C13H16ClFN2O2. The Hall–Kier alpha value is -1.20. The molecule has 1 saturated carbocycles. The van der Waals surface area contributed by atoms with Gasteiger partial charge in [-0.15, -0.1) is 0 Å². The molecule has 1 heterocycles. The summed E-state index contributed by atoms with van der Waals surface area (Å²) in [6.45, 7) is 1.90. The minimum absolute atomic E-state index is 0.00360. The van der Waals surface area contributed by atoms with Crippen LogP contribution in [-0.4, -0.2) is 30.6 Å². The van der Waals surface area contributed by atoms with Crippen LogP contribution in [0, 0.1) is 11.7 Å². The number of nitrogens with zero attached hydrogens (tertiary/aromatic N) is 1. The highest BCUT2D eigenvalue weighted by Gasteiger charge is 2.20. The van der Waals surface area contributed by atoms with Gasteiger partial charge in [0.1, 0.15) is 11.0 Å². The Kier molecular flexibility index (Phi) is 5.10. The number of hydrogen-bond acceptors (Lipinski definition) is 3. The Balaban J connectivity index is 1.66. The number of hydrogen-bond donors (Lipinski definition) is 1. The van der Waals surface area contributed by atoms with Gasteiger partial charge >= 0.3 is 0 Å². The summed E-state index contributed by atoms with van der Waals surface area (Å²) in [4.78, 5) is 15.3. The van der Waals surface area contributed by atoms with Crippen molar-refractivity contribution < 1.29 is 13.9 Å². The Morgan fingerprint density at radius 2 is 2.37 bits per heavy atom. The van der Waals surface area contributed by atoms with E-state index in [0.29, 0.717) is 13.2 Å². The van der Waals surface area contributed by atoms with E-state index in [4.69, 9.17) is 16.3 Å². The van der Waals surface area contributed by atoms with Crippen molar-refractivity contribution in [2.24, 2.45) is 5.92 Å². The van der Waals surface area contributed by atoms with E-state index in [1.54, 1.807) is 0 Å². The van der Waals surface area contributed by atoms with Crippen LogP contribution >= 0.6 is 11.6 Å². The third-order valence-electron chi connectivity index (χ3n) is 2.85. The third kappa shape index (κ3) is 4.76. The molecule has 104 valence electrons. The monoisotopic (exact) mass is 286 g/mol. The van der Waals surface area contributed by atoms with Crippen molar-refractivity contribution in [1.82, 2.24) is 10.3 Å². The van der Waals surface area contributed by atoms with Crippen LogP contribution < -0.4 is 5.32 Å². The lowest BCUT2D eigenvalue weighted by molar-refractivity contribution is 0.0936. The van der Waals surface area contributed by atoms with E-state index >= 15 is 0 Å². The topological polar surface area (TPSA) is 51.2 Å². The highest BCUT2D eigenvalue weighted by atomic mass is 35.5. The van der Waals surface area contributed by atoms with E-state index in [2.05, 4.69) is 10.3 Å². The van der Waals surface area contributed by atoms with Crippen LogP contribution in [0.15, 0.2) is 12.3 Å². The van der Waals surface area contributed by atoms with Crippen LogP contribution in [0.5, 0.6) is 0 Å². The third-order valence-corrected chi connectivity index (χ3v) is 3.15. The number of nitrogens with one attached hydrogen (secondary N) is 1. The normalized spacial score (nSPS) is 14.4. The molecule has 0 unspecified atom stereocenters. The molecule has 6 heteroatoms. The lowest BCUT2D eigenvalue weighted by Gasteiger charge is -2.07. The second-order valence-electron chi connectivity index (χ2n) is 4.62. The van der Waals surface area contributed by atoms with Crippen LogP contribution in [0.2, 0.25) is 5.15 Å². The summed E-state index contributed by atoms with van der Waals surface area (Å²) in [7, 11) is 0. The molecule has 0 spiro atoms. The van der Waals surface area contributed by atoms with Gasteiger partial charge in [-0.05, 0) is 31.2 Å². The maximum Gasteiger partial charge on any atom is 0.254 e. The van der Waals surface area contributed by atoms with E-state index in [-0.39, 0.29) is 10.7 Å². The van der Waals surface area contributed by atoms with Crippen molar-refractivity contribution in [3.8, 4) is 0 Å². The van der Waals surface area contributed by atoms with Crippen molar-refractivity contribution in [3.05, 3.63) is 28.8 Å². The first kappa shape index (κ1) is 14.2. The molecule has 19 heavy (non-hydrogen) atoms. The fraction of sp³-hybridized carbons (Fsp3) is 0.538. The van der Waals surface area contributed by atoms with Gasteiger partial charge in [-0.2, -0.15) is 0 Å². The zero-order chi connectivity index (χ0) is 13.7. The number of carbonyl (C=O) groups excluding carboxylic acids is 1. The van der Waals surface area contributed by atoms with Crippen LogP contribution in [0.1, 0.15) is 29.6 Å². The van der Waals surface area contributed by atoms with Gasteiger partial charge in [0.2, 0.25) is 0 Å². The number of amides is 1. The van der Waals surface area contributed by atoms with Crippen LogP contribution in [0.3, 0.4) is 0 Å². The summed E-state index contributed by atoms with van der Waals surface area (Å²) in [6, 6.07) is 1.08. The molecule has 1 N–H and O–H groups in total. The molecule has 0 atom stereocenters. The Morgan fingerprint density at radius 3 is 3.11 bits per heavy atom. The zero-order valence-electron chi connectivity index (χ0n) is 10.5. The number of aromatic nitrogens is 1. The minimum Gasteiger partial charge on any atom is -0.381 e. The quantitative estimate of drug-likeness (QED) is 0.619. The lowest BCUT2D eigenvalue weighted by atomic mass is 10.2. The van der Waals surface area contributed by atoms with Gasteiger partial charge in [0.05, 0.1) is 11.8 Å². The first-order valence-electron chi connectivity index (χ1n) is 6.34. The number of carbonyl (C=O) groups is 1. The minimum atomic E-state index is -0.581. The number of pyridine rings is 1. The number of rotatable bonds is 7. The van der Waals surface area contributed by atoms with Gasteiger partial charge in [-0.1, -0.05) is 11.6 Å². The fourth-order valence-corrected chi connectivity index (χ4v) is 1.78. The molecule has 0 bridgehead atoms. The molecule has 0 aliphatic heterocycles. The van der Waals surface area contributed by atoms with Crippen molar-refractivity contribution >= 4 is 17.5 Å². The fourth-order valence-electron chi connectivity index (χ4n) is 1.59. The Morgan fingerprint density at radius 1 is 1.58 bits per heavy atom. The number of halogens is 2. The first-order valence-corrected chi connectivity index (χ1v) is 6.71. The molecule has 1 amide bonds. The molecule has 0 radical (unpaired) electrons. The average Bonchev–Trinajstić information content (AvgIpc) is 3.20. The van der Waals surface area contributed by atoms with E-state index in [9.17, 15) is 9.18 Å². The van der Waals surface area contributed by atoms with Crippen molar-refractivity contribution in [2.45, 2.75) is 19.3 Å². The van der Waals surface area contributed by atoms with Crippen molar-refractivity contribution in [2.75, 3.05) is 19.8 Å². The molecule has 1 aliphatic rings. The summed E-state index contributed by atoms with van der Waals surface area (Å²) in [5.74, 6) is -0.256. The average molecular weight is 287 g/mol. The van der Waals surface area contributed by atoms with E-state index in [1.165, 1.54) is 12.8 Å². The standard InChI is InChI=1S/C13H16ClFN2O2/c14-12-11(6-10(15)7-17-12)13(18)16-4-1-5-19-8-9-2-3-9/h6-7,9H,1-5,8H2,(H,16,18). The van der Waals surface area contributed by atoms with Gasteiger partial charge < -0.3 is 10.1 Å². The molecule has 1 aromatic heterocycles. The maximum atomic E-state index is 13.0. The Bertz CT molecular complexity index is 452. The second kappa shape index (κ2) is 6.82. The van der Waals surface area contributed by atoms with Crippen molar-refractivity contribution in [1.29, 1.82) is 0 Å². The molecule has 1 aliphatic carbocycles. The molecule has 0 saturated heterocycles. The van der Waals surface area contributed by atoms with Crippen LogP contribution in [0.25, 0.3) is 0 Å². The summed E-state index contributed by atoms with van der Waals surface area (Å²) in [5, 5.41) is 2.66. The zero-order valence-corrected chi connectivity index (χ0v) is 11.3. The molecule has 4 nitrogen and oxygen atoms in total. The molecule has 1 fully saturated rings. The van der Waals surface area contributed by atoms with E-state index in [1.807, 2.05) is 0 Å². The van der Waals surface area contributed by atoms with Gasteiger partial charge in [0.25, 0.3) is 5.91 Å². The largest absolute Gasteiger partial charge is 0.381 e. The number of ether oxygens (including phenoxy) is 1. The molecule has 1 aromatic rings. The highest BCUT2D eigenvalue weighted by Crippen LogP contribution is 2.28. The summed E-state index contributed by atoms with van der Waals surface area (Å²) >= 11 is 5.73. The SMILES string of the molecule is O=C(NCCCOCC1CC1)c1cc(F)cnc1Cl. The van der Waals surface area contributed by atoms with Crippen LogP contribution in [-0.2, 0) is 4.74 Å². The highest BCUT2D eigenvalue weighted by molar-refractivity contribution is 6.32. The predicted molar refractivity (Wildman–Crippen MR) is 69.7 cm³/mol. The molecular weight excluding hydrogens is 271 g/mol. The second-order valence-corrected chi connectivity index (χ2v) is 4.98. The smallest absolute Gasteiger partial charge is 0.254 e. The lowest BCUT2D eigenvalue weighted by Crippen LogP contribution is -2.26. The van der Waals surface area contributed by atoms with Gasteiger partial charge in [-0.25, -0.2) is 9.37 Å². The summed E-state index contributed by atoms with van der Waals surface area (Å²) in [6.07, 6.45) is 4.23. The molecule has 0 aromatic carbocycles. The van der Waals surface area contributed by atoms with E-state index in [0.717, 1.165) is 31.2 Å². The summed E-state index contributed by atoms with van der Waals surface area (Å²) in [5.41, 5.74) is 0.0561. The van der Waals surface area contributed by atoms with E-state index < -0.39 is 11.7 Å². The van der Waals surface area contributed by atoms with Crippen LogP contribution in [0.4, 0.5) is 4.39 Å². The van der Waals surface area contributed by atoms with Gasteiger partial charge in [0, 0.05) is 19.8 Å².